The highest BCUT2D eigenvalue weighted by Gasteiger charge is 2.84. The average Bonchev–Trinajstić information content (AvgIpc) is 3.88. The Morgan fingerprint density at radius 1 is 0.955 bits per heavy atom. The number of morpholine rings is 1. The van der Waals surface area contributed by atoms with E-state index in [1.54, 1.807) is 13.8 Å². The van der Waals surface area contributed by atoms with E-state index in [2.05, 4.69) is 39.5 Å². The van der Waals surface area contributed by atoms with E-state index in [9.17, 15) is 15.3 Å². The molecule has 2 heterocycles. The fourth-order valence-electron chi connectivity index (χ4n) is 13.9. The van der Waals surface area contributed by atoms with E-state index < -0.39 is 23.9 Å². The van der Waals surface area contributed by atoms with Crippen LogP contribution in [0.5, 0.6) is 0 Å². The molecule has 2 aliphatic heterocycles. The minimum Gasteiger partial charge on any atom is -0.390 e. The predicted octanol–water partition coefficient (Wildman–Crippen LogP) is 5.14. The Morgan fingerprint density at radius 2 is 1.66 bits per heavy atom. The molecule has 3 N–H and O–H groups in total. The maximum Gasteiger partial charge on any atom is 0.170 e. The molecule has 0 aromatic rings. The molecule has 6 saturated carbocycles. The maximum absolute atomic E-state index is 12.4. The van der Waals surface area contributed by atoms with Gasteiger partial charge in [0.1, 0.15) is 6.10 Å². The molecule has 0 radical (unpaired) electrons. The van der Waals surface area contributed by atoms with Crippen LogP contribution in [0.4, 0.5) is 0 Å². The minimum atomic E-state index is -1.24. The molecule has 8 rings (SSSR count). The van der Waals surface area contributed by atoms with Crippen molar-refractivity contribution in [3.05, 3.63) is 0 Å². The van der Waals surface area contributed by atoms with Gasteiger partial charge in [-0.15, -0.1) is 0 Å². The molecule has 8 fully saturated rings. The van der Waals surface area contributed by atoms with Crippen LogP contribution in [0.3, 0.4) is 0 Å². The zero-order valence-corrected chi connectivity index (χ0v) is 28.6. The Morgan fingerprint density at radius 3 is 2.36 bits per heavy atom. The first-order valence-electron chi connectivity index (χ1n) is 18.4. The highest BCUT2D eigenvalue weighted by molar-refractivity contribution is 5.33. The molecule has 7 nitrogen and oxygen atoms in total. The lowest BCUT2D eigenvalue weighted by atomic mass is 9.41. The van der Waals surface area contributed by atoms with E-state index in [1.165, 1.54) is 44.9 Å². The van der Waals surface area contributed by atoms with Crippen LogP contribution in [0.25, 0.3) is 0 Å². The first kappa shape index (κ1) is 31.0. The Labute approximate surface area is 265 Å². The number of hydrogen-bond donors (Lipinski definition) is 3. The zero-order chi connectivity index (χ0) is 31.2. The Kier molecular flexibility index (Phi) is 6.81. The van der Waals surface area contributed by atoms with Crippen molar-refractivity contribution in [3.63, 3.8) is 0 Å². The highest BCUT2D eigenvalue weighted by Crippen LogP contribution is 2.89. The SMILES string of the molecule is C[C@@H]1CC([C@H](O)C(C)(C)O)OC2[C@H]1[C@@]1(C)CC[C@@]34C[C@@]35CCC(O[C@H]3CN(C6CC6)CCO3)C(C)(C)[C@@H]5CCC4[C@]1(C)[C@H]2O. The van der Waals surface area contributed by atoms with Crippen LogP contribution in [0.2, 0.25) is 0 Å². The first-order chi connectivity index (χ1) is 20.6. The fraction of sp³-hybridized carbons (Fsp3) is 1.00. The summed E-state index contributed by atoms with van der Waals surface area (Å²) < 4.78 is 19.8. The van der Waals surface area contributed by atoms with Gasteiger partial charge in [0.25, 0.3) is 0 Å². The number of fused-ring (bicyclic) bond motifs is 4. The molecular weight excluding hydrogens is 554 g/mol. The van der Waals surface area contributed by atoms with Crippen molar-refractivity contribution in [3.8, 4) is 0 Å². The van der Waals surface area contributed by atoms with E-state index in [-0.39, 0.29) is 40.7 Å². The number of rotatable bonds is 5. The third-order valence-electron chi connectivity index (χ3n) is 16.3. The van der Waals surface area contributed by atoms with Gasteiger partial charge in [0, 0.05) is 24.5 Å². The van der Waals surface area contributed by atoms with Crippen LogP contribution in [0, 0.1) is 50.7 Å². The lowest BCUT2D eigenvalue weighted by Crippen LogP contribution is -2.60. The standard InChI is InChI=1S/C37H61NO6/c1-21-18-23(30(39)33(4,5)41)43-29-28(21)34(6)14-15-37-20-36(37)13-12-26(44-27-19-38(16-17-42-27)22-8-9-22)32(2,3)24(36)10-11-25(37)35(34,7)31(29)40/h21-31,39-41H,8-20H2,1-7H3/t21-,23?,24+,25?,26?,27+,28+,29?,30+,31+,34-,35-,36-,37+/m1/s1. The van der Waals surface area contributed by atoms with Crippen LogP contribution in [-0.2, 0) is 14.2 Å². The summed E-state index contributed by atoms with van der Waals surface area (Å²) in [4.78, 5) is 2.59. The third-order valence-corrected chi connectivity index (χ3v) is 16.3. The van der Waals surface area contributed by atoms with Crippen LogP contribution in [-0.4, -0.2) is 88.4 Å². The number of nitrogens with zero attached hydrogens (tertiary/aromatic N) is 1. The summed E-state index contributed by atoms with van der Waals surface area (Å²) in [6.45, 7) is 18.3. The van der Waals surface area contributed by atoms with Crippen molar-refractivity contribution in [1.82, 2.24) is 4.90 Å². The molecule has 7 heteroatoms. The topological polar surface area (TPSA) is 91.6 Å². The summed E-state index contributed by atoms with van der Waals surface area (Å²) in [5, 5.41) is 34.1. The van der Waals surface area contributed by atoms with Crippen LogP contribution in [0.1, 0.15) is 113 Å². The van der Waals surface area contributed by atoms with E-state index >= 15 is 0 Å². The van der Waals surface area contributed by atoms with Crippen molar-refractivity contribution in [2.75, 3.05) is 19.7 Å². The Bertz CT molecular complexity index is 1150. The van der Waals surface area contributed by atoms with Crippen molar-refractivity contribution in [1.29, 1.82) is 0 Å². The van der Waals surface area contributed by atoms with Gasteiger partial charge < -0.3 is 29.5 Å². The minimum absolute atomic E-state index is 0.00469. The number of ether oxygens (including phenoxy) is 3. The van der Waals surface area contributed by atoms with Crippen molar-refractivity contribution < 1.29 is 29.5 Å². The van der Waals surface area contributed by atoms with Gasteiger partial charge in [0.15, 0.2) is 6.29 Å². The molecule has 0 aromatic carbocycles. The molecule has 14 atom stereocenters. The molecule has 4 unspecified atom stereocenters. The average molecular weight is 616 g/mol. The molecule has 0 bridgehead atoms. The summed E-state index contributed by atoms with van der Waals surface area (Å²) in [6.07, 6.45) is 9.71. The van der Waals surface area contributed by atoms with Gasteiger partial charge in [-0.25, -0.2) is 0 Å². The summed E-state index contributed by atoms with van der Waals surface area (Å²) in [5.41, 5.74) is -0.705. The molecule has 0 aromatic heterocycles. The predicted molar refractivity (Wildman–Crippen MR) is 168 cm³/mol. The number of aliphatic hydroxyl groups excluding tert-OH is 2. The molecule has 0 amide bonds. The summed E-state index contributed by atoms with van der Waals surface area (Å²) in [6, 6.07) is 0.758. The van der Waals surface area contributed by atoms with Gasteiger partial charge in [-0.1, -0.05) is 34.6 Å². The third kappa shape index (κ3) is 3.93. The van der Waals surface area contributed by atoms with E-state index in [4.69, 9.17) is 14.2 Å². The number of hydrogen-bond acceptors (Lipinski definition) is 7. The quantitative estimate of drug-likeness (QED) is 0.395. The van der Waals surface area contributed by atoms with Crippen molar-refractivity contribution in [2.24, 2.45) is 50.7 Å². The molecule has 44 heavy (non-hydrogen) atoms. The van der Waals surface area contributed by atoms with Crippen LogP contribution < -0.4 is 0 Å². The summed E-state index contributed by atoms with van der Waals surface area (Å²) in [7, 11) is 0. The normalized spacial score (nSPS) is 55.6. The lowest BCUT2D eigenvalue weighted by molar-refractivity contribution is -0.249. The fourth-order valence-corrected chi connectivity index (χ4v) is 13.9. The monoisotopic (exact) mass is 615 g/mol. The second kappa shape index (κ2) is 9.66. The lowest BCUT2D eigenvalue weighted by Gasteiger charge is -2.64. The van der Waals surface area contributed by atoms with Crippen molar-refractivity contribution in [2.45, 2.75) is 161 Å². The second-order valence-corrected chi connectivity index (χ2v) is 18.8. The molecule has 8 aliphatic rings. The van der Waals surface area contributed by atoms with Gasteiger partial charge in [-0.05, 0) is 123 Å². The zero-order valence-electron chi connectivity index (χ0n) is 28.6. The van der Waals surface area contributed by atoms with Crippen molar-refractivity contribution >= 4 is 0 Å². The maximum atomic E-state index is 12.4. The molecule has 2 saturated heterocycles. The van der Waals surface area contributed by atoms with Gasteiger partial charge in [0.05, 0.1) is 36.6 Å². The van der Waals surface area contributed by atoms with Crippen LogP contribution in [0.15, 0.2) is 0 Å². The van der Waals surface area contributed by atoms with Gasteiger partial charge in [0.2, 0.25) is 0 Å². The number of aliphatic hydroxyl groups is 3. The van der Waals surface area contributed by atoms with E-state index in [0.717, 1.165) is 45.0 Å². The summed E-state index contributed by atoms with van der Waals surface area (Å²) in [5.74, 6) is 1.72. The second-order valence-electron chi connectivity index (χ2n) is 18.8. The van der Waals surface area contributed by atoms with Gasteiger partial charge >= 0.3 is 0 Å². The van der Waals surface area contributed by atoms with E-state index in [1.807, 2.05) is 0 Å². The van der Waals surface area contributed by atoms with Gasteiger partial charge in [-0.2, -0.15) is 0 Å². The molecular formula is C37H61NO6. The molecule has 250 valence electrons. The molecule has 2 spiro atoms. The Balaban J connectivity index is 1.04. The van der Waals surface area contributed by atoms with Crippen LogP contribution >= 0.6 is 0 Å². The first-order valence-corrected chi connectivity index (χ1v) is 18.4. The Hall–Kier alpha value is -0.280. The highest BCUT2D eigenvalue weighted by atomic mass is 16.7. The largest absolute Gasteiger partial charge is 0.390 e. The van der Waals surface area contributed by atoms with E-state index in [0.29, 0.717) is 28.6 Å². The van der Waals surface area contributed by atoms with Gasteiger partial charge in [-0.3, -0.25) is 4.90 Å². The molecule has 6 aliphatic carbocycles. The smallest absolute Gasteiger partial charge is 0.170 e. The summed E-state index contributed by atoms with van der Waals surface area (Å²) >= 11 is 0.